The molecule has 0 aliphatic rings. The molecular formula is C21H22ClN2O7P. The van der Waals surface area contributed by atoms with Crippen LogP contribution in [0.3, 0.4) is 0 Å². The Balaban J connectivity index is 2.16. The van der Waals surface area contributed by atoms with Gasteiger partial charge in [-0.05, 0) is 50.6 Å². The highest BCUT2D eigenvalue weighted by Gasteiger charge is 2.39. The van der Waals surface area contributed by atoms with Crippen molar-refractivity contribution in [1.29, 1.82) is 0 Å². The molecule has 11 heteroatoms. The number of rotatable bonds is 9. The Hall–Kier alpha value is -2.71. The Morgan fingerprint density at radius 1 is 1.19 bits per heavy atom. The number of halogens is 1. The van der Waals surface area contributed by atoms with Gasteiger partial charge in [0, 0.05) is 22.8 Å². The molecular weight excluding hydrogens is 459 g/mol. The monoisotopic (exact) mass is 480 g/mol. The lowest BCUT2D eigenvalue weighted by molar-refractivity contribution is -0.384. The third kappa shape index (κ3) is 4.86. The maximum Gasteiger partial charge on any atom is 0.357 e. The number of hydrogen-bond donors (Lipinski definition) is 1. The predicted octanol–water partition coefficient (Wildman–Crippen LogP) is 6.04. The SMILES string of the molecule is CCOP(=O)(OCC)[C@H](Nc1ccc([N+](=O)[O-])cc1)c1coc2cc(C)c(Cl)cc2c1=O. The molecule has 32 heavy (non-hydrogen) atoms. The number of fused-ring (bicyclic) bond motifs is 1. The first kappa shape index (κ1) is 23.9. The average molecular weight is 481 g/mol. The van der Waals surface area contributed by atoms with E-state index in [-0.39, 0.29) is 29.9 Å². The van der Waals surface area contributed by atoms with Crippen LogP contribution in [0, 0.1) is 17.0 Å². The van der Waals surface area contributed by atoms with E-state index in [0.29, 0.717) is 16.3 Å². The van der Waals surface area contributed by atoms with Gasteiger partial charge < -0.3 is 18.8 Å². The number of benzene rings is 2. The fourth-order valence-corrected chi connectivity index (χ4v) is 5.25. The van der Waals surface area contributed by atoms with E-state index in [9.17, 15) is 19.5 Å². The van der Waals surface area contributed by atoms with E-state index >= 15 is 0 Å². The van der Waals surface area contributed by atoms with Crippen LogP contribution in [-0.4, -0.2) is 18.1 Å². The van der Waals surface area contributed by atoms with Gasteiger partial charge in [0.1, 0.15) is 11.8 Å². The molecule has 1 heterocycles. The van der Waals surface area contributed by atoms with Crippen LogP contribution in [0.2, 0.25) is 5.02 Å². The third-order valence-electron chi connectivity index (χ3n) is 4.69. The van der Waals surface area contributed by atoms with Crippen molar-refractivity contribution in [2.45, 2.75) is 26.6 Å². The third-order valence-corrected chi connectivity index (χ3v) is 7.37. The Morgan fingerprint density at radius 2 is 1.81 bits per heavy atom. The topological polar surface area (TPSA) is 121 Å². The van der Waals surface area contributed by atoms with E-state index in [1.165, 1.54) is 36.6 Å². The van der Waals surface area contributed by atoms with Gasteiger partial charge in [-0.3, -0.25) is 19.5 Å². The molecule has 1 aromatic heterocycles. The molecule has 0 aliphatic carbocycles. The number of anilines is 1. The van der Waals surface area contributed by atoms with Crippen LogP contribution in [0.1, 0.15) is 30.8 Å². The summed E-state index contributed by atoms with van der Waals surface area (Å²) in [5.41, 5.74) is 0.900. The molecule has 0 radical (unpaired) electrons. The number of hydrogen-bond acceptors (Lipinski definition) is 8. The zero-order valence-electron chi connectivity index (χ0n) is 17.7. The summed E-state index contributed by atoms with van der Waals surface area (Å²) in [6.45, 7) is 5.23. The molecule has 0 saturated heterocycles. The molecule has 1 N–H and O–H groups in total. The van der Waals surface area contributed by atoms with E-state index < -0.39 is 23.7 Å². The van der Waals surface area contributed by atoms with E-state index in [2.05, 4.69) is 5.32 Å². The molecule has 3 aromatic rings. The quantitative estimate of drug-likeness (QED) is 0.223. The highest BCUT2D eigenvalue weighted by atomic mass is 35.5. The van der Waals surface area contributed by atoms with E-state index in [1.807, 2.05) is 0 Å². The standard InChI is InChI=1S/C21H22ClN2O7P/c1-4-30-32(28,31-5-2)21(23-14-6-8-15(9-7-14)24(26)27)17-12-29-19-10-13(3)18(22)11-16(19)20(17)25/h6-12,21,23H,4-5H2,1-3H3/t21-/m0/s1. The number of aryl methyl sites for hydroxylation is 1. The van der Waals surface area contributed by atoms with Gasteiger partial charge in [0.15, 0.2) is 11.2 Å². The maximum absolute atomic E-state index is 13.7. The summed E-state index contributed by atoms with van der Waals surface area (Å²) in [5, 5.41) is 14.5. The first-order valence-electron chi connectivity index (χ1n) is 9.81. The van der Waals surface area contributed by atoms with Crippen LogP contribution < -0.4 is 10.7 Å². The number of nitro benzene ring substituents is 1. The maximum atomic E-state index is 13.7. The average Bonchev–Trinajstić information content (AvgIpc) is 2.75. The molecule has 0 saturated carbocycles. The lowest BCUT2D eigenvalue weighted by Gasteiger charge is -2.27. The Bertz CT molecular complexity index is 1230. The fourth-order valence-electron chi connectivity index (χ4n) is 3.17. The number of nitro groups is 1. The van der Waals surface area contributed by atoms with E-state index in [0.717, 1.165) is 5.56 Å². The predicted molar refractivity (Wildman–Crippen MR) is 123 cm³/mol. The molecule has 9 nitrogen and oxygen atoms in total. The smallest absolute Gasteiger partial charge is 0.357 e. The van der Waals surface area contributed by atoms with Gasteiger partial charge in [-0.25, -0.2) is 0 Å². The van der Waals surface area contributed by atoms with Gasteiger partial charge in [0.25, 0.3) is 5.69 Å². The molecule has 2 aromatic carbocycles. The summed E-state index contributed by atoms with van der Waals surface area (Å²) in [5.74, 6) is -1.23. The normalized spacial score (nSPS) is 12.6. The molecule has 0 fully saturated rings. The van der Waals surface area contributed by atoms with E-state index in [4.69, 9.17) is 25.1 Å². The van der Waals surface area contributed by atoms with Crippen LogP contribution in [0.5, 0.6) is 0 Å². The summed E-state index contributed by atoms with van der Waals surface area (Å²) < 4.78 is 30.3. The summed E-state index contributed by atoms with van der Waals surface area (Å²) in [6, 6.07) is 8.60. The van der Waals surface area contributed by atoms with Crippen molar-refractivity contribution in [3.63, 3.8) is 0 Å². The number of nitrogens with one attached hydrogen (secondary N) is 1. The minimum absolute atomic E-state index is 0.0148. The van der Waals surface area contributed by atoms with Crippen molar-refractivity contribution in [3.8, 4) is 0 Å². The minimum atomic E-state index is -3.91. The molecule has 1 atom stereocenters. The first-order chi connectivity index (χ1) is 15.2. The van der Waals surface area contributed by atoms with Gasteiger partial charge in [0.2, 0.25) is 0 Å². The van der Waals surface area contributed by atoms with Crippen molar-refractivity contribution in [2.75, 3.05) is 18.5 Å². The minimum Gasteiger partial charge on any atom is -0.464 e. The van der Waals surface area contributed by atoms with Crippen molar-refractivity contribution in [3.05, 3.63) is 79.1 Å². The van der Waals surface area contributed by atoms with Crippen LogP contribution in [0.4, 0.5) is 11.4 Å². The summed E-state index contributed by atoms with van der Waals surface area (Å²) >= 11 is 6.20. The van der Waals surface area contributed by atoms with Crippen LogP contribution >= 0.6 is 19.2 Å². The second kappa shape index (κ2) is 9.83. The number of non-ortho nitro benzene ring substituents is 1. The van der Waals surface area contributed by atoms with Gasteiger partial charge in [-0.2, -0.15) is 0 Å². The molecule has 0 amide bonds. The molecule has 0 bridgehead atoms. The molecule has 3 rings (SSSR count). The molecule has 0 unspecified atom stereocenters. The fraction of sp³-hybridized carbons (Fsp3) is 0.286. The Morgan fingerprint density at radius 3 is 2.38 bits per heavy atom. The van der Waals surface area contributed by atoms with Crippen molar-refractivity contribution in [1.82, 2.24) is 0 Å². The molecule has 0 aliphatic heterocycles. The zero-order valence-corrected chi connectivity index (χ0v) is 19.3. The van der Waals surface area contributed by atoms with Gasteiger partial charge in [0.05, 0.1) is 29.1 Å². The first-order valence-corrected chi connectivity index (χ1v) is 11.8. The highest BCUT2D eigenvalue weighted by Crippen LogP contribution is 2.60. The Labute approximate surface area is 189 Å². The molecule has 170 valence electrons. The lowest BCUT2D eigenvalue weighted by Crippen LogP contribution is -2.22. The van der Waals surface area contributed by atoms with Gasteiger partial charge >= 0.3 is 7.60 Å². The zero-order chi connectivity index (χ0) is 23.5. The summed E-state index contributed by atoms with van der Waals surface area (Å²) in [6.07, 6.45) is 1.21. The van der Waals surface area contributed by atoms with Crippen molar-refractivity contribution >= 4 is 41.5 Å². The molecule has 0 spiro atoms. The van der Waals surface area contributed by atoms with Crippen LogP contribution in [0.15, 0.2) is 51.9 Å². The second-order valence-electron chi connectivity index (χ2n) is 6.84. The Kier molecular flexibility index (Phi) is 7.36. The highest BCUT2D eigenvalue weighted by molar-refractivity contribution is 7.54. The van der Waals surface area contributed by atoms with Gasteiger partial charge in [-0.1, -0.05) is 11.6 Å². The summed E-state index contributed by atoms with van der Waals surface area (Å²) in [7, 11) is -3.91. The van der Waals surface area contributed by atoms with Crippen LogP contribution in [0.25, 0.3) is 11.0 Å². The van der Waals surface area contributed by atoms with Crippen LogP contribution in [-0.2, 0) is 13.6 Å². The lowest BCUT2D eigenvalue weighted by atomic mass is 10.1. The second-order valence-corrected chi connectivity index (χ2v) is 9.36. The summed E-state index contributed by atoms with van der Waals surface area (Å²) in [4.78, 5) is 23.8. The largest absolute Gasteiger partial charge is 0.464 e. The van der Waals surface area contributed by atoms with Crippen molar-refractivity contribution < 1.29 is 23.0 Å². The van der Waals surface area contributed by atoms with Gasteiger partial charge in [-0.15, -0.1) is 0 Å². The van der Waals surface area contributed by atoms with E-state index in [1.54, 1.807) is 26.8 Å². The van der Waals surface area contributed by atoms with Crippen molar-refractivity contribution in [2.24, 2.45) is 0 Å². The number of nitrogens with zero attached hydrogens (tertiary/aromatic N) is 1.